The average molecular weight is 256 g/mol. The third-order valence-electron chi connectivity index (χ3n) is 2.33. The van der Waals surface area contributed by atoms with Crippen LogP contribution in [0.3, 0.4) is 0 Å². The van der Waals surface area contributed by atoms with Gasteiger partial charge in [0.1, 0.15) is 11.7 Å². The number of hydrogen-bond acceptors (Lipinski definition) is 6. The van der Waals surface area contributed by atoms with Crippen molar-refractivity contribution in [2.45, 2.75) is 19.3 Å². The molecule has 0 aromatic heterocycles. The van der Waals surface area contributed by atoms with E-state index in [9.17, 15) is 14.4 Å². The number of hydrogen-bond donors (Lipinski definition) is 3. The molecule has 18 heavy (non-hydrogen) atoms. The van der Waals surface area contributed by atoms with Gasteiger partial charge in [-0.1, -0.05) is 5.92 Å². The minimum atomic E-state index is -1.49. The molecule has 6 heteroatoms. The van der Waals surface area contributed by atoms with E-state index in [1.807, 2.05) is 5.92 Å². The molecule has 0 radical (unpaired) electrons. The maximum atomic E-state index is 11.3. The topological polar surface area (TPSA) is 112 Å². The Morgan fingerprint density at radius 3 is 2.11 bits per heavy atom. The van der Waals surface area contributed by atoms with Crippen LogP contribution in [0.15, 0.2) is 0 Å². The van der Waals surface area contributed by atoms with E-state index in [1.54, 1.807) is 0 Å². The first-order valence-corrected chi connectivity index (χ1v) is 5.42. The summed E-state index contributed by atoms with van der Waals surface area (Å²) >= 11 is 0. The number of carbonyl (C=O) groups excluding carboxylic acids is 3. The molecule has 0 spiro atoms. The molecule has 0 saturated carbocycles. The lowest BCUT2D eigenvalue weighted by molar-refractivity contribution is -0.133. The first-order valence-electron chi connectivity index (χ1n) is 5.42. The van der Waals surface area contributed by atoms with Crippen LogP contribution in [0.25, 0.3) is 0 Å². The third-order valence-corrected chi connectivity index (χ3v) is 2.33. The molecule has 0 amide bonds. The van der Waals surface area contributed by atoms with Crippen LogP contribution in [0.2, 0.25) is 0 Å². The lowest BCUT2D eigenvalue weighted by Gasteiger charge is -2.19. The molecule has 100 valence electrons. The smallest absolute Gasteiger partial charge is 0.271 e. The van der Waals surface area contributed by atoms with Crippen LogP contribution in [0.4, 0.5) is 0 Å². The lowest BCUT2D eigenvalue weighted by atomic mass is 9.92. The van der Waals surface area contributed by atoms with E-state index in [0.29, 0.717) is 6.29 Å². The zero-order valence-electron chi connectivity index (χ0n) is 9.89. The summed E-state index contributed by atoms with van der Waals surface area (Å²) in [5.74, 6) is 2.52. The van der Waals surface area contributed by atoms with Gasteiger partial charge in [-0.3, -0.25) is 9.59 Å². The van der Waals surface area contributed by atoms with E-state index in [0.717, 1.165) is 0 Å². The van der Waals surface area contributed by atoms with Gasteiger partial charge >= 0.3 is 0 Å². The van der Waals surface area contributed by atoms with Crippen molar-refractivity contribution in [3.63, 3.8) is 0 Å². The minimum absolute atomic E-state index is 0.0728. The van der Waals surface area contributed by atoms with Crippen LogP contribution >= 0.6 is 0 Å². The van der Waals surface area contributed by atoms with Crippen molar-refractivity contribution in [3.8, 4) is 11.8 Å². The number of unbranched alkanes of at least 4 members (excludes halogenated alkanes) is 1. The zero-order valence-corrected chi connectivity index (χ0v) is 9.89. The van der Waals surface area contributed by atoms with E-state index < -0.39 is 36.8 Å². The monoisotopic (exact) mass is 256 g/mol. The largest absolute Gasteiger partial charge is 0.395 e. The quantitative estimate of drug-likeness (QED) is 0.159. The number of carbonyl (C=O) groups is 3. The van der Waals surface area contributed by atoms with E-state index in [1.165, 1.54) is 0 Å². The number of rotatable bonds is 8. The summed E-state index contributed by atoms with van der Waals surface area (Å²) in [5, 5.41) is 26.8. The molecule has 0 aliphatic rings. The lowest BCUT2D eigenvalue weighted by Crippen LogP contribution is -2.32. The third kappa shape index (κ3) is 5.19. The highest BCUT2D eigenvalue weighted by atomic mass is 16.3. The van der Waals surface area contributed by atoms with Gasteiger partial charge in [-0.05, 0) is 12.3 Å². The second kappa shape index (κ2) is 8.53. The number of aliphatic hydroxyl groups is 3. The molecule has 0 aromatic rings. The van der Waals surface area contributed by atoms with E-state index in [2.05, 4.69) is 5.92 Å². The van der Waals surface area contributed by atoms with Gasteiger partial charge in [0.05, 0.1) is 19.8 Å². The van der Waals surface area contributed by atoms with Crippen LogP contribution < -0.4 is 0 Å². The molecule has 0 unspecified atom stereocenters. The van der Waals surface area contributed by atoms with Crippen molar-refractivity contribution in [2.75, 3.05) is 19.8 Å². The predicted molar refractivity (Wildman–Crippen MR) is 61.4 cm³/mol. The van der Waals surface area contributed by atoms with Crippen molar-refractivity contribution in [1.29, 1.82) is 0 Å². The number of aldehydes is 1. The highest BCUT2D eigenvalue weighted by Gasteiger charge is 2.25. The van der Waals surface area contributed by atoms with Crippen molar-refractivity contribution < 1.29 is 29.7 Å². The average Bonchev–Trinajstić information content (AvgIpc) is 2.40. The van der Waals surface area contributed by atoms with Gasteiger partial charge in [0, 0.05) is 12.8 Å². The Hall–Kier alpha value is -1.55. The summed E-state index contributed by atoms with van der Waals surface area (Å²) in [6, 6.07) is 0. The molecular weight excluding hydrogens is 240 g/mol. The van der Waals surface area contributed by atoms with E-state index in [4.69, 9.17) is 15.3 Å². The summed E-state index contributed by atoms with van der Waals surface area (Å²) in [4.78, 5) is 32.5. The maximum Gasteiger partial charge on any atom is 0.271 e. The van der Waals surface area contributed by atoms with E-state index in [-0.39, 0.29) is 19.3 Å². The van der Waals surface area contributed by atoms with Crippen LogP contribution in [0, 0.1) is 17.3 Å². The predicted octanol–water partition coefficient (Wildman–Crippen LogP) is -1.54. The summed E-state index contributed by atoms with van der Waals surface area (Å²) in [6.07, 6.45) is 1.05. The fraction of sp³-hybridized carbons (Fsp3) is 0.583. The van der Waals surface area contributed by atoms with Crippen LogP contribution in [-0.2, 0) is 14.4 Å². The molecule has 0 saturated heterocycles. The molecule has 0 heterocycles. The molecule has 0 aliphatic carbocycles. The molecule has 6 nitrogen and oxygen atoms in total. The Bertz CT molecular complexity index is 350. The van der Waals surface area contributed by atoms with Gasteiger partial charge in [0.2, 0.25) is 5.78 Å². The molecule has 0 atom stereocenters. The van der Waals surface area contributed by atoms with Gasteiger partial charge in [0.25, 0.3) is 5.78 Å². The van der Waals surface area contributed by atoms with Gasteiger partial charge < -0.3 is 20.1 Å². The number of Topliss-reactive ketones (excluding diaryl/α,β-unsaturated/α-hetero) is 2. The second-order valence-corrected chi connectivity index (χ2v) is 3.82. The van der Waals surface area contributed by atoms with Crippen molar-refractivity contribution in [3.05, 3.63) is 0 Å². The number of aliphatic hydroxyl groups excluding tert-OH is 3. The van der Waals surface area contributed by atoms with Gasteiger partial charge in [-0.25, -0.2) is 0 Å². The molecule has 3 N–H and O–H groups in total. The minimum Gasteiger partial charge on any atom is -0.395 e. The van der Waals surface area contributed by atoms with Crippen molar-refractivity contribution >= 4 is 17.9 Å². The second-order valence-electron chi connectivity index (χ2n) is 3.82. The van der Waals surface area contributed by atoms with Crippen molar-refractivity contribution in [2.24, 2.45) is 5.41 Å². The van der Waals surface area contributed by atoms with Gasteiger partial charge in [0.15, 0.2) is 0 Å². The Morgan fingerprint density at radius 2 is 1.67 bits per heavy atom. The van der Waals surface area contributed by atoms with Crippen LogP contribution in [-0.4, -0.2) is 53.0 Å². The number of ketones is 2. The highest BCUT2D eigenvalue weighted by molar-refractivity contribution is 6.43. The Kier molecular flexibility index (Phi) is 7.79. The summed E-state index contributed by atoms with van der Waals surface area (Å²) < 4.78 is 0. The Labute approximate surface area is 105 Å². The molecule has 0 rings (SSSR count). The molecule has 0 bridgehead atoms. The maximum absolute atomic E-state index is 11.3. The first-order chi connectivity index (χ1) is 8.55. The fourth-order valence-corrected chi connectivity index (χ4v) is 0.987. The van der Waals surface area contributed by atoms with E-state index >= 15 is 0 Å². The van der Waals surface area contributed by atoms with Crippen molar-refractivity contribution in [1.82, 2.24) is 0 Å². The van der Waals surface area contributed by atoms with Gasteiger partial charge in [-0.15, -0.1) is 0 Å². The normalized spacial score (nSPS) is 10.4. The fourth-order valence-electron chi connectivity index (χ4n) is 0.987. The Morgan fingerprint density at radius 1 is 1.11 bits per heavy atom. The molecular formula is C12H16O6. The molecule has 0 fully saturated rings. The zero-order chi connectivity index (χ0) is 14.0. The SMILES string of the molecule is O=CCCCC(=O)C(=O)C#CC(CO)(CO)CO. The molecule has 0 aliphatic heterocycles. The Balaban J connectivity index is 4.55. The van der Waals surface area contributed by atoms with Gasteiger partial charge in [-0.2, -0.15) is 0 Å². The summed E-state index contributed by atoms with van der Waals surface area (Å²) in [6.45, 7) is -1.88. The summed E-state index contributed by atoms with van der Waals surface area (Å²) in [7, 11) is 0. The standard InChI is InChI=1S/C12H16O6/c13-6-2-1-3-10(17)11(18)4-5-12(7-14,8-15)9-16/h6,14-16H,1-3,7-9H2. The molecule has 0 aromatic carbocycles. The highest BCUT2D eigenvalue weighted by Crippen LogP contribution is 2.12. The first kappa shape index (κ1) is 16.4. The van der Waals surface area contributed by atoms with Crippen LogP contribution in [0.1, 0.15) is 19.3 Å². The van der Waals surface area contributed by atoms with Crippen LogP contribution in [0.5, 0.6) is 0 Å². The summed E-state index contributed by atoms with van der Waals surface area (Å²) in [5.41, 5.74) is -1.49.